The summed E-state index contributed by atoms with van der Waals surface area (Å²) in [7, 11) is 0. The van der Waals surface area contributed by atoms with Crippen LogP contribution in [0.25, 0.3) is 0 Å². The third kappa shape index (κ3) is 3.98. The number of aliphatic hydroxyl groups excluding tert-OH is 2. The van der Waals surface area contributed by atoms with Crippen molar-refractivity contribution < 1.29 is 15.0 Å². The molecule has 2 rings (SSSR count). The highest BCUT2D eigenvalue weighted by atomic mass is 16.3. The van der Waals surface area contributed by atoms with Crippen LogP contribution in [0.5, 0.6) is 0 Å². The van der Waals surface area contributed by atoms with E-state index in [1.54, 1.807) is 4.90 Å². The zero-order valence-corrected chi connectivity index (χ0v) is 9.64. The van der Waals surface area contributed by atoms with E-state index < -0.39 is 0 Å². The van der Waals surface area contributed by atoms with Crippen molar-refractivity contribution in [1.29, 1.82) is 0 Å². The SMILES string of the molecule is NC(=O)N1CCC1.OCC1CCCCC1O. The fraction of sp³-hybridized carbons (Fsp3) is 0.909. The first-order valence-electron chi connectivity index (χ1n) is 5.98. The summed E-state index contributed by atoms with van der Waals surface area (Å²) in [6.45, 7) is 1.87. The number of likely N-dealkylation sites (tertiary alicyclic amines) is 1. The second kappa shape index (κ2) is 6.70. The lowest BCUT2D eigenvalue weighted by Gasteiger charge is -2.28. The van der Waals surface area contributed by atoms with E-state index in [1.165, 1.54) is 6.42 Å². The summed E-state index contributed by atoms with van der Waals surface area (Å²) in [4.78, 5) is 11.7. The number of nitrogens with two attached hydrogens (primary N) is 1. The van der Waals surface area contributed by atoms with Crippen molar-refractivity contribution in [3.8, 4) is 0 Å². The lowest BCUT2D eigenvalue weighted by atomic mass is 9.87. The fourth-order valence-corrected chi connectivity index (χ4v) is 1.94. The monoisotopic (exact) mass is 230 g/mol. The average molecular weight is 230 g/mol. The van der Waals surface area contributed by atoms with Gasteiger partial charge in [0.2, 0.25) is 0 Å². The van der Waals surface area contributed by atoms with Gasteiger partial charge in [-0.2, -0.15) is 0 Å². The van der Waals surface area contributed by atoms with Gasteiger partial charge >= 0.3 is 6.03 Å². The van der Waals surface area contributed by atoms with Gasteiger partial charge in [0.15, 0.2) is 0 Å². The minimum Gasteiger partial charge on any atom is -0.396 e. The number of amides is 2. The normalized spacial score (nSPS) is 28.8. The van der Waals surface area contributed by atoms with Gasteiger partial charge in [-0.1, -0.05) is 12.8 Å². The molecule has 0 spiro atoms. The molecule has 2 fully saturated rings. The van der Waals surface area contributed by atoms with Gasteiger partial charge in [0.1, 0.15) is 0 Å². The Morgan fingerprint density at radius 1 is 1.25 bits per heavy atom. The van der Waals surface area contributed by atoms with Crippen LogP contribution >= 0.6 is 0 Å². The molecule has 1 aliphatic carbocycles. The summed E-state index contributed by atoms with van der Waals surface area (Å²) in [6, 6.07) is -0.286. The third-order valence-electron chi connectivity index (χ3n) is 3.27. The molecular formula is C11H22N2O3. The number of carbonyl (C=O) groups excluding carboxylic acids is 1. The molecule has 0 radical (unpaired) electrons. The first kappa shape index (κ1) is 13.3. The number of nitrogens with zero attached hydrogens (tertiary/aromatic N) is 1. The number of urea groups is 1. The van der Waals surface area contributed by atoms with Crippen LogP contribution < -0.4 is 5.73 Å². The second-order valence-corrected chi connectivity index (χ2v) is 4.47. The molecule has 0 aromatic carbocycles. The molecule has 16 heavy (non-hydrogen) atoms. The van der Waals surface area contributed by atoms with Crippen LogP contribution in [-0.2, 0) is 0 Å². The first-order valence-corrected chi connectivity index (χ1v) is 5.98. The van der Waals surface area contributed by atoms with Gasteiger partial charge in [-0.05, 0) is 19.3 Å². The van der Waals surface area contributed by atoms with Crippen molar-refractivity contribution >= 4 is 6.03 Å². The largest absolute Gasteiger partial charge is 0.396 e. The lowest BCUT2D eigenvalue weighted by Crippen LogP contribution is -2.45. The maximum atomic E-state index is 10.1. The molecule has 1 heterocycles. The highest BCUT2D eigenvalue weighted by molar-refractivity contribution is 5.72. The molecule has 2 aliphatic rings. The number of hydrogen-bond acceptors (Lipinski definition) is 3. The second-order valence-electron chi connectivity index (χ2n) is 4.47. The van der Waals surface area contributed by atoms with Crippen molar-refractivity contribution in [3.63, 3.8) is 0 Å². The van der Waals surface area contributed by atoms with E-state index in [0.29, 0.717) is 0 Å². The smallest absolute Gasteiger partial charge is 0.314 e. The summed E-state index contributed by atoms with van der Waals surface area (Å²) in [5.74, 6) is 0.166. The zero-order valence-electron chi connectivity index (χ0n) is 9.64. The van der Waals surface area contributed by atoms with Crippen LogP contribution in [0.4, 0.5) is 4.79 Å². The van der Waals surface area contributed by atoms with Crippen LogP contribution in [0.3, 0.4) is 0 Å². The molecule has 0 bridgehead atoms. The van der Waals surface area contributed by atoms with Gasteiger partial charge in [0.25, 0.3) is 0 Å². The van der Waals surface area contributed by atoms with Crippen molar-refractivity contribution in [3.05, 3.63) is 0 Å². The minimum absolute atomic E-state index is 0.154. The van der Waals surface area contributed by atoms with Gasteiger partial charge in [0.05, 0.1) is 6.10 Å². The third-order valence-corrected chi connectivity index (χ3v) is 3.27. The van der Waals surface area contributed by atoms with Crippen LogP contribution in [-0.4, -0.2) is 46.9 Å². The Balaban J connectivity index is 0.000000165. The summed E-state index contributed by atoms with van der Waals surface area (Å²) < 4.78 is 0. The Hall–Kier alpha value is -0.810. The Bertz CT molecular complexity index is 219. The van der Waals surface area contributed by atoms with E-state index in [0.717, 1.165) is 38.8 Å². The standard InChI is InChI=1S/C7H14O2.C4H8N2O/c8-5-6-3-1-2-4-7(6)9;5-4(7)6-2-1-3-6/h6-9H,1-5H2;1-3H2,(H2,5,7). The molecule has 2 amide bonds. The summed E-state index contributed by atoms with van der Waals surface area (Å²) >= 11 is 0. The Morgan fingerprint density at radius 2 is 1.88 bits per heavy atom. The first-order chi connectivity index (χ1) is 7.65. The Labute approximate surface area is 96.2 Å². The maximum Gasteiger partial charge on any atom is 0.314 e. The van der Waals surface area contributed by atoms with Crippen LogP contribution in [0, 0.1) is 5.92 Å². The van der Waals surface area contributed by atoms with Crippen LogP contribution in [0.1, 0.15) is 32.1 Å². The number of hydrogen-bond donors (Lipinski definition) is 3. The number of primary amides is 1. The van der Waals surface area contributed by atoms with Crippen molar-refractivity contribution in [1.82, 2.24) is 4.90 Å². The zero-order chi connectivity index (χ0) is 12.0. The molecule has 0 aromatic heterocycles. The summed E-state index contributed by atoms with van der Waals surface area (Å²) in [5.41, 5.74) is 4.88. The summed E-state index contributed by atoms with van der Waals surface area (Å²) in [6.07, 6.45) is 5.05. The van der Waals surface area contributed by atoms with E-state index in [-0.39, 0.29) is 24.7 Å². The van der Waals surface area contributed by atoms with Crippen molar-refractivity contribution in [2.24, 2.45) is 11.7 Å². The van der Waals surface area contributed by atoms with E-state index >= 15 is 0 Å². The molecule has 94 valence electrons. The minimum atomic E-state index is -0.286. The Kier molecular flexibility index (Phi) is 5.55. The van der Waals surface area contributed by atoms with Gasteiger partial charge in [-0.25, -0.2) is 4.79 Å². The molecule has 2 unspecified atom stereocenters. The molecule has 5 heteroatoms. The van der Waals surface area contributed by atoms with Gasteiger partial charge in [0, 0.05) is 25.6 Å². The van der Waals surface area contributed by atoms with Gasteiger partial charge in [-0.15, -0.1) is 0 Å². The summed E-state index contributed by atoms with van der Waals surface area (Å²) in [5, 5.41) is 17.9. The topological polar surface area (TPSA) is 86.8 Å². The molecule has 2 atom stereocenters. The lowest BCUT2D eigenvalue weighted by molar-refractivity contribution is 0.0359. The number of aliphatic hydroxyl groups is 2. The molecule has 5 nitrogen and oxygen atoms in total. The fourth-order valence-electron chi connectivity index (χ4n) is 1.94. The quantitative estimate of drug-likeness (QED) is 0.605. The van der Waals surface area contributed by atoms with Crippen LogP contribution in [0.2, 0.25) is 0 Å². The molecule has 4 N–H and O–H groups in total. The number of carbonyl (C=O) groups is 1. The van der Waals surface area contributed by atoms with Crippen molar-refractivity contribution in [2.45, 2.75) is 38.2 Å². The molecule has 0 aromatic rings. The maximum absolute atomic E-state index is 10.1. The van der Waals surface area contributed by atoms with E-state index in [1.807, 2.05) is 0 Å². The Morgan fingerprint density at radius 3 is 2.12 bits per heavy atom. The van der Waals surface area contributed by atoms with Crippen molar-refractivity contribution in [2.75, 3.05) is 19.7 Å². The van der Waals surface area contributed by atoms with Crippen LogP contribution in [0.15, 0.2) is 0 Å². The van der Waals surface area contributed by atoms with E-state index in [2.05, 4.69) is 0 Å². The molecule has 1 saturated heterocycles. The van der Waals surface area contributed by atoms with Gasteiger partial charge in [-0.3, -0.25) is 0 Å². The van der Waals surface area contributed by atoms with E-state index in [4.69, 9.17) is 10.8 Å². The highest BCUT2D eigenvalue weighted by Crippen LogP contribution is 2.23. The molecular weight excluding hydrogens is 208 g/mol. The number of rotatable bonds is 1. The predicted octanol–water partition coefficient (Wildman–Crippen LogP) is 0.301. The molecule has 1 saturated carbocycles. The molecule has 1 aliphatic heterocycles. The average Bonchev–Trinajstić information content (AvgIpc) is 2.16. The van der Waals surface area contributed by atoms with Gasteiger partial charge < -0.3 is 20.8 Å². The predicted molar refractivity (Wildman–Crippen MR) is 60.8 cm³/mol. The highest BCUT2D eigenvalue weighted by Gasteiger charge is 2.21. The van der Waals surface area contributed by atoms with E-state index in [9.17, 15) is 9.90 Å².